The molecule has 0 saturated carbocycles. The van der Waals surface area contributed by atoms with Crippen LogP contribution < -0.4 is 5.32 Å². The van der Waals surface area contributed by atoms with E-state index in [0.717, 1.165) is 11.4 Å². The molecule has 3 N–H and O–H groups in total. The number of rotatable bonds is 5. The highest BCUT2D eigenvalue weighted by Crippen LogP contribution is 2.28. The van der Waals surface area contributed by atoms with Crippen molar-refractivity contribution in [2.24, 2.45) is 0 Å². The van der Waals surface area contributed by atoms with Crippen LogP contribution >= 0.6 is 0 Å². The molecule has 1 aromatic carbocycles. The lowest BCUT2D eigenvalue weighted by Gasteiger charge is -2.16. The minimum Gasteiger partial charge on any atom is -0.392 e. The molecule has 4 aromatic rings. The first-order chi connectivity index (χ1) is 15.3. The van der Waals surface area contributed by atoms with E-state index in [1.54, 1.807) is 18.2 Å². The van der Waals surface area contributed by atoms with E-state index in [2.05, 4.69) is 20.5 Å². The number of aliphatic hydroxyl groups is 1. The van der Waals surface area contributed by atoms with Gasteiger partial charge in [0.25, 0.3) is 0 Å². The van der Waals surface area contributed by atoms with Crippen LogP contribution in [0.2, 0.25) is 0 Å². The third-order valence-corrected chi connectivity index (χ3v) is 7.27. The topological polar surface area (TPSA) is 129 Å². The summed E-state index contributed by atoms with van der Waals surface area (Å²) < 4.78 is 29.2. The Morgan fingerprint density at radius 2 is 2.03 bits per heavy atom. The van der Waals surface area contributed by atoms with Crippen LogP contribution in [0.3, 0.4) is 0 Å². The van der Waals surface area contributed by atoms with Crippen LogP contribution in [-0.2, 0) is 10.0 Å². The highest BCUT2D eigenvalue weighted by atomic mass is 32.2. The lowest BCUT2D eigenvalue weighted by atomic mass is 10.1. The normalized spacial score (nSPS) is 17.3. The molecular weight excluding hydrogens is 430 g/mol. The summed E-state index contributed by atoms with van der Waals surface area (Å²) >= 11 is 0. The van der Waals surface area contributed by atoms with Crippen LogP contribution in [0.1, 0.15) is 17.8 Å². The van der Waals surface area contributed by atoms with Gasteiger partial charge in [0, 0.05) is 42.7 Å². The molecule has 0 bridgehead atoms. The summed E-state index contributed by atoms with van der Waals surface area (Å²) in [6.45, 7) is 4.22. The van der Waals surface area contributed by atoms with Crippen LogP contribution in [0, 0.1) is 13.8 Å². The average molecular weight is 454 g/mol. The van der Waals surface area contributed by atoms with Crippen molar-refractivity contribution in [1.29, 1.82) is 0 Å². The number of nitrogens with one attached hydrogen (secondary N) is 2. The molecule has 3 aromatic heterocycles. The lowest BCUT2D eigenvalue weighted by molar-refractivity contribution is 0.189. The van der Waals surface area contributed by atoms with Crippen LogP contribution in [-0.4, -0.2) is 61.6 Å². The summed E-state index contributed by atoms with van der Waals surface area (Å²) in [7, 11) is -3.70. The molecule has 1 fully saturated rings. The maximum Gasteiger partial charge on any atom is 0.243 e. The minimum atomic E-state index is -3.70. The van der Waals surface area contributed by atoms with Crippen molar-refractivity contribution in [3.05, 3.63) is 54.0 Å². The standard InChI is InChI=1S/C21H23N7O3S/c1-13-8-19(26-25-13)24-21-23-18(10-20-22-14(2)11-28(20)21)15-4-3-5-17(9-15)32(30,31)27-7-6-16(29)12-27/h3-5,8-11,16,29H,6-7,12H2,1-2H3,(H2,23,24,25,26). The minimum absolute atomic E-state index is 0.112. The maximum absolute atomic E-state index is 13.0. The van der Waals surface area contributed by atoms with Gasteiger partial charge in [0.1, 0.15) is 5.65 Å². The second-order valence-electron chi connectivity index (χ2n) is 7.97. The molecule has 1 unspecified atom stereocenters. The van der Waals surface area contributed by atoms with Crippen LogP contribution in [0.15, 0.2) is 47.5 Å². The van der Waals surface area contributed by atoms with Gasteiger partial charge in [-0.05, 0) is 32.4 Å². The van der Waals surface area contributed by atoms with Gasteiger partial charge in [-0.2, -0.15) is 9.40 Å². The molecule has 32 heavy (non-hydrogen) atoms. The molecule has 1 aliphatic rings. The predicted octanol–water partition coefficient (Wildman–Crippen LogP) is 2.24. The van der Waals surface area contributed by atoms with E-state index >= 15 is 0 Å². The average Bonchev–Trinajstić information content (AvgIpc) is 3.47. The first-order valence-corrected chi connectivity index (χ1v) is 11.7. The van der Waals surface area contributed by atoms with E-state index in [1.807, 2.05) is 42.6 Å². The largest absolute Gasteiger partial charge is 0.392 e. The van der Waals surface area contributed by atoms with Crippen molar-refractivity contribution in [3.8, 4) is 11.3 Å². The number of aliphatic hydroxyl groups excluding tert-OH is 1. The Labute approximate surface area is 185 Å². The third kappa shape index (κ3) is 3.74. The molecule has 0 aliphatic carbocycles. The number of hydrogen-bond acceptors (Lipinski definition) is 7. The number of H-pyrrole nitrogens is 1. The Hall–Kier alpha value is -3.28. The molecule has 4 heterocycles. The van der Waals surface area contributed by atoms with Crippen LogP contribution in [0.25, 0.3) is 16.9 Å². The fourth-order valence-electron chi connectivity index (χ4n) is 3.84. The number of sulfonamides is 1. The lowest BCUT2D eigenvalue weighted by Crippen LogP contribution is -2.29. The number of hydrogen-bond donors (Lipinski definition) is 3. The molecule has 166 valence electrons. The van der Waals surface area contributed by atoms with Gasteiger partial charge in [-0.25, -0.2) is 18.4 Å². The molecule has 0 radical (unpaired) electrons. The molecule has 0 amide bonds. The number of anilines is 2. The summed E-state index contributed by atoms with van der Waals surface area (Å²) in [5.74, 6) is 1.13. The van der Waals surface area contributed by atoms with Crippen LogP contribution in [0.5, 0.6) is 0 Å². The Bertz CT molecular complexity index is 1410. The highest BCUT2D eigenvalue weighted by Gasteiger charge is 2.31. The number of nitrogens with zero attached hydrogens (tertiary/aromatic N) is 5. The Balaban J connectivity index is 1.57. The van der Waals surface area contributed by atoms with Crippen molar-refractivity contribution < 1.29 is 13.5 Å². The first kappa shape index (κ1) is 20.6. The quantitative estimate of drug-likeness (QED) is 0.423. The van der Waals surface area contributed by atoms with Gasteiger partial charge in [-0.1, -0.05) is 12.1 Å². The van der Waals surface area contributed by atoms with Gasteiger partial charge < -0.3 is 10.4 Å². The zero-order chi connectivity index (χ0) is 22.5. The van der Waals surface area contributed by atoms with Gasteiger partial charge in [0.15, 0.2) is 5.82 Å². The second-order valence-corrected chi connectivity index (χ2v) is 9.91. The molecule has 1 atom stereocenters. The SMILES string of the molecule is Cc1cn2c(Nc3cc(C)[nH]n3)nc(-c3cccc(S(=O)(=O)N4CCC(O)C4)c3)cc2n1. The molecule has 1 aliphatic heterocycles. The number of aryl methyl sites for hydroxylation is 2. The zero-order valence-corrected chi connectivity index (χ0v) is 18.5. The van der Waals surface area contributed by atoms with Crippen molar-refractivity contribution in [2.75, 3.05) is 18.4 Å². The summed E-state index contributed by atoms with van der Waals surface area (Å²) in [4.78, 5) is 9.45. The van der Waals surface area contributed by atoms with E-state index in [4.69, 9.17) is 4.98 Å². The molecule has 11 heteroatoms. The van der Waals surface area contributed by atoms with Crippen molar-refractivity contribution >= 4 is 27.4 Å². The smallest absolute Gasteiger partial charge is 0.243 e. The molecule has 10 nitrogen and oxygen atoms in total. The van der Waals surface area contributed by atoms with E-state index < -0.39 is 16.1 Å². The number of fused-ring (bicyclic) bond motifs is 1. The van der Waals surface area contributed by atoms with Gasteiger partial charge in [-0.3, -0.25) is 9.50 Å². The van der Waals surface area contributed by atoms with E-state index in [0.29, 0.717) is 41.6 Å². The highest BCUT2D eigenvalue weighted by molar-refractivity contribution is 7.89. The number of aromatic amines is 1. The monoisotopic (exact) mass is 453 g/mol. The zero-order valence-electron chi connectivity index (χ0n) is 17.6. The number of aromatic nitrogens is 5. The van der Waals surface area contributed by atoms with Crippen molar-refractivity contribution in [3.63, 3.8) is 0 Å². The fraction of sp³-hybridized carbons (Fsp3) is 0.286. The van der Waals surface area contributed by atoms with Crippen molar-refractivity contribution in [1.82, 2.24) is 28.9 Å². The maximum atomic E-state index is 13.0. The predicted molar refractivity (Wildman–Crippen MR) is 119 cm³/mol. The van der Waals surface area contributed by atoms with Gasteiger partial charge in [-0.15, -0.1) is 0 Å². The molecular formula is C21H23N7O3S. The third-order valence-electron chi connectivity index (χ3n) is 5.41. The van der Waals surface area contributed by atoms with E-state index in [1.165, 1.54) is 4.31 Å². The summed E-state index contributed by atoms with van der Waals surface area (Å²) in [5.41, 5.74) is 3.64. The second kappa shape index (κ2) is 7.69. The molecule has 5 rings (SSSR count). The number of β-amino-alcohol motifs (C(OH)–C–C–N with tert-alkyl or cyclic N) is 1. The Kier molecular flexibility index (Phi) is 4.96. The van der Waals surface area contributed by atoms with Gasteiger partial charge >= 0.3 is 0 Å². The van der Waals surface area contributed by atoms with Crippen molar-refractivity contribution in [2.45, 2.75) is 31.3 Å². The van der Waals surface area contributed by atoms with E-state index in [-0.39, 0.29) is 11.4 Å². The summed E-state index contributed by atoms with van der Waals surface area (Å²) in [6.07, 6.45) is 1.69. The molecule has 0 spiro atoms. The van der Waals surface area contributed by atoms with Gasteiger partial charge in [0.05, 0.1) is 22.4 Å². The van der Waals surface area contributed by atoms with Gasteiger partial charge in [0.2, 0.25) is 16.0 Å². The molecule has 1 saturated heterocycles. The summed E-state index contributed by atoms with van der Waals surface area (Å²) in [6, 6.07) is 10.4. The Morgan fingerprint density at radius 1 is 1.19 bits per heavy atom. The first-order valence-electron chi connectivity index (χ1n) is 10.2. The summed E-state index contributed by atoms with van der Waals surface area (Å²) in [5, 5.41) is 20.1. The Morgan fingerprint density at radius 3 is 2.75 bits per heavy atom. The van der Waals surface area contributed by atoms with E-state index in [9.17, 15) is 13.5 Å². The fourth-order valence-corrected chi connectivity index (χ4v) is 5.38. The number of benzene rings is 1. The van der Waals surface area contributed by atoms with Crippen LogP contribution in [0.4, 0.5) is 11.8 Å². The number of imidazole rings is 1.